The number of thiazole rings is 1. The van der Waals surface area contributed by atoms with Gasteiger partial charge in [-0.05, 0) is 35.9 Å². The van der Waals surface area contributed by atoms with Crippen LogP contribution in [0.1, 0.15) is 12.0 Å². The van der Waals surface area contributed by atoms with Crippen LogP contribution < -0.4 is 4.90 Å². The molecule has 4 aromatic rings. The first kappa shape index (κ1) is 21.4. The predicted octanol–water partition coefficient (Wildman–Crippen LogP) is 6.43. The molecule has 0 aliphatic rings. The summed E-state index contributed by atoms with van der Waals surface area (Å²) in [7, 11) is 0. The van der Waals surface area contributed by atoms with E-state index in [2.05, 4.69) is 4.98 Å². The first-order chi connectivity index (χ1) is 15.0. The molecule has 158 valence electrons. The lowest BCUT2D eigenvalue weighted by atomic mass is 10.2. The predicted molar refractivity (Wildman–Crippen MR) is 119 cm³/mol. The molecular formula is C23H17F3N2OS2. The fourth-order valence-corrected chi connectivity index (χ4v) is 4.87. The standard InChI is InChI=1S/C23H17F3N2OS2/c24-16-6-8-18(9-7-16)30-11-10-21(29)28(14-15-4-2-1-3-5-15)23-27-22-19(26)12-17(25)13-20(22)31-23/h1-9,12-13H,10-11,14H2. The van der Waals surface area contributed by atoms with E-state index in [1.165, 1.54) is 34.9 Å². The molecule has 0 saturated heterocycles. The molecule has 0 radical (unpaired) electrons. The minimum atomic E-state index is -0.753. The average Bonchev–Trinajstić information content (AvgIpc) is 3.18. The zero-order valence-corrected chi connectivity index (χ0v) is 17.9. The monoisotopic (exact) mass is 458 g/mol. The third-order valence-electron chi connectivity index (χ3n) is 4.52. The molecule has 0 unspecified atom stereocenters. The van der Waals surface area contributed by atoms with Gasteiger partial charge in [0.05, 0.1) is 11.2 Å². The number of anilines is 1. The van der Waals surface area contributed by atoms with Crippen molar-refractivity contribution in [3.05, 3.63) is 89.7 Å². The van der Waals surface area contributed by atoms with Gasteiger partial charge in [-0.3, -0.25) is 9.69 Å². The number of fused-ring (bicyclic) bond motifs is 1. The van der Waals surface area contributed by atoms with Crippen molar-refractivity contribution in [2.45, 2.75) is 17.9 Å². The quantitative estimate of drug-likeness (QED) is 0.299. The third kappa shape index (κ3) is 5.26. The van der Waals surface area contributed by atoms with Crippen molar-refractivity contribution in [3.8, 4) is 0 Å². The molecule has 0 spiro atoms. The van der Waals surface area contributed by atoms with E-state index in [0.29, 0.717) is 15.6 Å². The molecule has 0 bridgehead atoms. The lowest BCUT2D eigenvalue weighted by Crippen LogP contribution is -2.30. The van der Waals surface area contributed by atoms with Crippen LogP contribution >= 0.6 is 23.1 Å². The van der Waals surface area contributed by atoms with Gasteiger partial charge in [0.15, 0.2) is 10.9 Å². The summed E-state index contributed by atoms with van der Waals surface area (Å²) in [4.78, 5) is 19.7. The highest BCUT2D eigenvalue weighted by Crippen LogP contribution is 2.32. The highest BCUT2D eigenvalue weighted by atomic mass is 32.2. The lowest BCUT2D eigenvalue weighted by molar-refractivity contribution is -0.118. The van der Waals surface area contributed by atoms with Gasteiger partial charge in [-0.1, -0.05) is 41.7 Å². The van der Waals surface area contributed by atoms with Crippen LogP contribution in [-0.4, -0.2) is 16.6 Å². The first-order valence-corrected chi connectivity index (χ1v) is 11.3. The summed E-state index contributed by atoms with van der Waals surface area (Å²) in [5.41, 5.74) is 0.945. The molecule has 1 aromatic heterocycles. The van der Waals surface area contributed by atoms with Crippen LogP contribution in [0.25, 0.3) is 10.2 Å². The molecular weight excluding hydrogens is 441 g/mol. The van der Waals surface area contributed by atoms with E-state index in [1.807, 2.05) is 30.3 Å². The summed E-state index contributed by atoms with van der Waals surface area (Å²) >= 11 is 2.52. The number of carbonyl (C=O) groups excluding carboxylic acids is 1. The van der Waals surface area contributed by atoms with Crippen LogP contribution in [-0.2, 0) is 11.3 Å². The molecule has 4 rings (SSSR count). The maximum absolute atomic E-state index is 14.1. The summed E-state index contributed by atoms with van der Waals surface area (Å²) in [6.07, 6.45) is 0.210. The molecule has 1 heterocycles. The Bertz CT molecular complexity index is 1200. The Labute approximate surface area is 185 Å². The van der Waals surface area contributed by atoms with Crippen LogP contribution in [0.5, 0.6) is 0 Å². The topological polar surface area (TPSA) is 33.2 Å². The molecule has 0 saturated carbocycles. The molecule has 3 aromatic carbocycles. The Morgan fingerprint density at radius 1 is 0.968 bits per heavy atom. The number of halogens is 3. The summed E-state index contributed by atoms with van der Waals surface area (Å²) < 4.78 is 41.1. The number of benzene rings is 3. The zero-order valence-electron chi connectivity index (χ0n) is 16.2. The summed E-state index contributed by atoms with van der Waals surface area (Å²) in [5.74, 6) is -1.44. The van der Waals surface area contributed by atoms with Crippen LogP contribution in [0, 0.1) is 17.5 Å². The van der Waals surface area contributed by atoms with Crippen LogP contribution in [0.3, 0.4) is 0 Å². The summed E-state index contributed by atoms with van der Waals surface area (Å²) in [6.45, 7) is 0.269. The van der Waals surface area contributed by atoms with Gasteiger partial charge in [-0.15, -0.1) is 11.8 Å². The van der Waals surface area contributed by atoms with Gasteiger partial charge in [0.2, 0.25) is 5.91 Å². The second-order valence-corrected chi connectivity index (χ2v) is 8.93. The van der Waals surface area contributed by atoms with Gasteiger partial charge in [0, 0.05) is 23.1 Å². The molecule has 0 aliphatic carbocycles. The van der Waals surface area contributed by atoms with Gasteiger partial charge >= 0.3 is 0 Å². The molecule has 0 fully saturated rings. The average molecular weight is 459 g/mol. The normalized spacial score (nSPS) is 11.1. The van der Waals surface area contributed by atoms with Gasteiger partial charge in [-0.2, -0.15) is 0 Å². The molecule has 0 atom stereocenters. The van der Waals surface area contributed by atoms with Gasteiger partial charge < -0.3 is 0 Å². The smallest absolute Gasteiger partial charge is 0.229 e. The largest absolute Gasteiger partial charge is 0.284 e. The number of rotatable bonds is 7. The van der Waals surface area contributed by atoms with Crippen molar-refractivity contribution in [1.82, 2.24) is 4.98 Å². The van der Waals surface area contributed by atoms with Gasteiger partial charge in [-0.25, -0.2) is 18.2 Å². The van der Waals surface area contributed by atoms with Crippen molar-refractivity contribution in [2.24, 2.45) is 0 Å². The number of nitrogens with zero attached hydrogens (tertiary/aromatic N) is 2. The van der Waals surface area contributed by atoms with E-state index in [0.717, 1.165) is 27.9 Å². The number of aromatic nitrogens is 1. The van der Waals surface area contributed by atoms with E-state index in [9.17, 15) is 18.0 Å². The number of amides is 1. The van der Waals surface area contributed by atoms with E-state index >= 15 is 0 Å². The second kappa shape index (κ2) is 9.53. The molecule has 31 heavy (non-hydrogen) atoms. The maximum atomic E-state index is 14.1. The maximum Gasteiger partial charge on any atom is 0.229 e. The summed E-state index contributed by atoms with van der Waals surface area (Å²) in [6, 6.07) is 17.5. The molecule has 0 N–H and O–H groups in total. The number of hydrogen-bond donors (Lipinski definition) is 0. The van der Waals surface area contributed by atoms with Crippen LogP contribution in [0.4, 0.5) is 18.3 Å². The van der Waals surface area contributed by atoms with Gasteiger partial charge in [0.25, 0.3) is 0 Å². The fourth-order valence-electron chi connectivity index (χ4n) is 3.01. The lowest BCUT2D eigenvalue weighted by Gasteiger charge is -2.20. The Morgan fingerprint density at radius 2 is 1.71 bits per heavy atom. The van der Waals surface area contributed by atoms with Crippen molar-refractivity contribution >= 4 is 44.4 Å². The number of thioether (sulfide) groups is 1. The minimum absolute atomic E-state index is 0.0490. The van der Waals surface area contributed by atoms with Crippen molar-refractivity contribution in [3.63, 3.8) is 0 Å². The third-order valence-corrected chi connectivity index (χ3v) is 6.55. The van der Waals surface area contributed by atoms with Crippen molar-refractivity contribution < 1.29 is 18.0 Å². The Kier molecular flexibility index (Phi) is 6.58. The van der Waals surface area contributed by atoms with E-state index in [4.69, 9.17) is 0 Å². The highest BCUT2D eigenvalue weighted by molar-refractivity contribution is 7.99. The Hall–Kier alpha value is -2.84. The minimum Gasteiger partial charge on any atom is -0.284 e. The zero-order chi connectivity index (χ0) is 21.8. The molecule has 8 heteroatoms. The van der Waals surface area contributed by atoms with E-state index in [-0.39, 0.29) is 30.2 Å². The van der Waals surface area contributed by atoms with Crippen molar-refractivity contribution in [2.75, 3.05) is 10.7 Å². The SMILES string of the molecule is O=C(CCSc1ccc(F)cc1)N(Cc1ccccc1)c1nc2c(F)cc(F)cc2s1. The van der Waals surface area contributed by atoms with E-state index < -0.39 is 11.6 Å². The van der Waals surface area contributed by atoms with Gasteiger partial charge in [0.1, 0.15) is 17.2 Å². The van der Waals surface area contributed by atoms with Crippen LogP contribution in [0.15, 0.2) is 71.6 Å². The highest BCUT2D eigenvalue weighted by Gasteiger charge is 2.21. The van der Waals surface area contributed by atoms with E-state index in [1.54, 1.807) is 12.1 Å². The first-order valence-electron chi connectivity index (χ1n) is 9.48. The molecule has 0 aliphatic heterocycles. The summed E-state index contributed by atoms with van der Waals surface area (Å²) in [5, 5.41) is 0.320. The van der Waals surface area contributed by atoms with Crippen molar-refractivity contribution in [1.29, 1.82) is 0 Å². The fraction of sp³-hybridized carbons (Fsp3) is 0.130. The number of hydrogen-bond acceptors (Lipinski definition) is 4. The van der Waals surface area contributed by atoms with Crippen LogP contribution in [0.2, 0.25) is 0 Å². The second-order valence-electron chi connectivity index (χ2n) is 6.75. The Morgan fingerprint density at radius 3 is 2.45 bits per heavy atom. The number of carbonyl (C=O) groups is 1. The Balaban J connectivity index is 1.55. The molecule has 3 nitrogen and oxygen atoms in total. The molecule has 1 amide bonds.